The second-order valence-corrected chi connectivity index (χ2v) is 10.4. The molecular formula is C16H30IN5O3S2. The summed E-state index contributed by atoms with van der Waals surface area (Å²) in [6, 6.07) is 0. The van der Waals surface area contributed by atoms with Crippen molar-refractivity contribution in [1.82, 2.24) is 19.9 Å². The molecule has 2 N–H and O–H groups in total. The predicted molar refractivity (Wildman–Crippen MR) is 122 cm³/mol. The molecule has 11 heteroatoms. The van der Waals surface area contributed by atoms with E-state index in [1.54, 1.807) is 29.3 Å². The minimum absolute atomic E-state index is 0. The van der Waals surface area contributed by atoms with Gasteiger partial charge >= 0.3 is 0 Å². The topological polar surface area (TPSA) is 99.8 Å². The third-order valence-corrected chi connectivity index (χ3v) is 6.75. The number of hydrogen-bond donors (Lipinski definition) is 2. The molecule has 2 rings (SSSR count). The molecular weight excluding hydrogens is 501 g/mol. The van der Waals surface area contributed by atoms with Crippen molar-refractivity contribution >= 4 is 51.7 Å². The van der Waals surface area contributed by atoms with Crippen LogP contribution in [0.1, 0.15) is 32.4 Å². The molecule has 1 fully saturated rings. The Morgan fingerprint density at radius 1 is 1.33 bits per heavy atom. The van der Waals surface area contributed by atoms with Gasteiger partial charge in [-0.15, -0.1) is 24.0 Å². The first-order valence-corrected chi connectivity index (χ1v) is 11.4. The number of nitrogens with zero attached hydrogens (tertiary/aromatic N) is 3. The maximum atomic E-state index is 12.3. The summed E-state index contributed by atoms with van der Waals surface area (Å²) >= 11 is 1.79. The summed E-state index contributed by atoms with van der Waals surface area (Å²) in [5, 5.41) is 6.12. The van der Waals surface area contributed by atoms with Crippen molar-refractivity contribution in [3.63, 3.8) is 0 Å². The summed E-state index contributed by atoms with van der Waals surface area (Å²) < 4.78 is 31.9. The quantitative estimate of drug-likeness (QED) is 0.327. The maximum absolute atomic E-state index is 12.3. The van der Waals surface area contributed by atoms with Crippen LogP contribution in [0.3, 0.4) is 0 Å². The average molecular weight is 531 g/mol. The zero-order chi connectivity index (χ0) is 19.2. The Kier molecular flexibility index (Phi) is 9.86. The second kappa shape index (κ2) is 10.9. The highest BCUT2D eigenvalue weighted by molar-refractivity contribution is 14.0. The number of oxazole rings is 1. The number of aliphatic imine (C=N–C) groups is 1. The van der Waals surface area contributed by atoms with Crippen LogP contribution in [0.15, 0.2) is 15.6 Å². The van der Waals surface area contributed by atoms with Crippen LogP contribution in [0.2, 0.25) is 0 Å². The molecule has 1 aliphatic rings. The van der Waals surface area contributed by atoms with Gasteiger partial charge in [0, 0.05) is 43.6 Å². The van der Waals surface area contributed by atoms with Gasteiger partial charge < -0.3 is 15.1 Å². The highest BCUT2D eigenvalue weighted by Gasteiger charge is 2.23. The van der Waals surface area contributed by atoms with E-state index in [0.29, 0.717) is 38.0 Å². The van der Waals surface area contributed by atoms with E-state index in [2.05, 4.69) is 41.4 Å². The zero-order valence-electron chi connectivity index (χ0n) is 16.3. The van der Waals surface area contributed by atoms with Crippen LogP contribution in [0.4, 0.5) is 0 Å². The number of rotatable bonds is 6. The molecule has 156 valence electrons. The summed E-state index contributed by atoms with van der Waals surface area (Å²) in [5.74, 6) is 3.68. The smallest absolute Gasteiger partial charge is 0.215 e. The summed E-state index contributed by atoms with van der Waals surface area (Å²) in [5.41, 5.74) is -0.0908. The van der Waals surface area contributed by atoms with Crippen molar-refractivity contribution < 1.29 is 12.8 Å². The Morgan fingerprint density at radius 3 is 2.56 bits per heavy atom. The Morgan fingerprint density at radius 2 is 2.00 bits per heavy atom. The van der Waals surface area contributed by atoms with Crippen LogP contribution in [0, 0.1) is 0 Å². The lowest BCUT2D eigenvalue weighted by molar-refractivity contribution is 0.379. The van der Waals surface area contributed by atoms with Crippen LogP contribution in [0.25, 0.3) is 0 Å². The summed E-state index contributed by atoms with van der Waals surface area (Å²) in [6.07, 6.45) is 1.73. The van der Waals surface area contributed by atoms with Gasteiger partial charge in [0.2, 0.25) is 15.9 Å². The molecule has 0 bridgehead atoms. The summed E-state index contributed by atoms with van der Waals surface area (Å²) in [7, 11) is -1.58. The van der Waals surface area contributed by atoms with E-state index in [9.17, 15) is 8.42 Å². The van der Waals surface area contributed by atoms with Crippen molar-refractivity contribution in [2.45, 2.75) is 32.7 Å². The van der Waals surface area contributed by atoms with Gasteiger partial charge in [0.1, 0.15) is 5.76 Å². The van der Waals surface area contributed by atoms with E-state index in [-0.39, 0.29) is 35.1 Å². The van der Waals surface area contributed by atoms with Crippen LogP contribution in [-0.4, -0.2) is 67.6 Å². The normalized spacial score (nSPS) is 16.7. The molecule has 0 radical (unpaired) electrons. The molecule has 1 aliphatic heterocycles. The van der Waals surface area contributed by atoms with E-state index in [1.807, 2.05) is 0 Å². The first kappa shape index (κ1) is 24.5. The van der Waals surface area contributed by atoms with Crippen LogP contribution in [0.5, 0.6) is 0 Å². The number of nitrogens with one attached hydrogen (secondary N) is 2. The van der Waals surface area contributed by atoms with Crippen molar-refractivity contribution in [2.24, 2.45) is 4.99 Å². The molecule has 1 aromatic heterocycles. The fourth-order valence-electron chi connectivity index (χ4n) is 2.37. The first-order valence-electron chi connectivity index (χ1n) is 8.67. The number of sulfonamides is 1. The fraction of sp³-hybridized carbons (Fsp3) is 0.750. The van der Waals surface area contributed by atoms with Gasteiger partial charge in [-0.25, -0.2) is 17.7 Å². The number of halogens is 1. The van der Waals surface area contributed by atoms with E-state index in [0.717, 1.165) is 17.3 Å². The molecule has 0 atom stereocenters. The van der Waals surface area contributed by atoms with Gasteiger partial charge in [0.15, 0.2) is 5.96 Å². The lowest BCUT2D eigenvalue weighted by Crippen LogP contribution is -2.44. The van der Waals surface area contributed by atoms with E-state index >= 15 is 0 Å². The second-order valence-electron chi connectivity index (χ2n) is 7.05. The highest BCUT2D eigenvalue weighted by Crippen LogP contribution is 2.22. The predicted octanol–water partition coefficient (Wildman–Crippen LogP) is 1.63. The van der Waals surface area contributed by atoms with Crippen molar-refractivity contribution in [2.75, 3.05) is 43.9 Å². The molecule has 1 saturated heterocycles. The van der Waals surface area contributed by atoms with Gasteiger partial charge in [-0.05, 0) is 0 Å². The number of thioether (sulfide) groups is 1. The van der Waals surface area contributed by atoms with E-state index in [4.69, 9.17) is 4.42 Å². The first-order chi connectivity index (χ1) is 12.2. The standard InChI is InChI=1S/C16H29N5O3S2.HI/c1-16(2,3)13-11-19-14(24-13)12-20-15(17-4)18-5-10-26(22,23)21-6-8-25-9-7-21;/h11H,5-10,12H2,1-4H3,(H2,17,18,20);1H. The van der Waals surface area contributed by atoms with Crippen molar-refractivity contribution in [3.8, 4) is 0 Å². The van der Waals surface area contributed by atoms with Gasteiger partial charge in [0.25, 0.3) is 0 Å². The largest absolute Gasteiger partial charge is 0.443 e. The molecule has 0 saturated carbocycles. The fourth-order valence-corrected chi connectivity index (χ4v) is 4.86. The molecule has 2 heterocycles. The summed E-state index contributed by atoms with van der Waals surface area (Å²) in [4.78, 5) is 8.36. The molecule has 0 spiro atoms. The van der Waals surface area contributed by atoms with Gasteiger partial charge in [0.05, 0.1) is 18.5 Å². The molecule has 0 unspecified atom stereocenters. The number of hydrogen-bond acceptors (Lipinski definition) is 6. The van der Waals surface area contributed by atoms with Gasteiger partial charge in [-0.2, -0.15) is 11.8 Å². The zero-order valence-corrected chi connectivity index (χ0v) is 20.3. The van der Waals surface area contributed by atoms with Gasteiger partial charge in [-0.1, -0.05) is 20.8 Å². The molecule has 1 aromatic rings. The Balaban J connectivity index is 0.00000364. The third kappa shape index (κ3) is 7.78. The van der Waals surface area contributed by atoms with Crippen LogP contribution >= 0.6 is 35.7 Å². The molecule has 0 aromatic carbocycles. The average Bonchev–Trinajstić information content (AvgIpc) is 3.08. The van der Waals surface area contributed by atoms with Crippen molar-refractivity contribution in [1.29, 1.82) is 0 Å². The third-order valence-electron chi connectivity index (χ3n) is 3.94. The minimum Gasteiger partial charge on any atom is -0.443 e. The van der Waals surface area contributed by atoms with E-state index < -0.39 is 10.0 Å². The van der Waals surface area contributed by atoms with E-state index in [1.165, 1.54) is 0 Å². The maximum Gasteiger partial charge on any atom is 0.215 e. The molecule has 8 nitrogen and oxygen atoms in total. The minimum atomic E-state index is -3.22. The molecule has 27 heavy (non-hydrogen) atoms. The highest BCUT2D eigenvalue weighted by atomic mass is 127. The number of aromatic nitrogens is 1. The van der Waals surface area contributed by atoms with Crippen molar-refractivity contribution in [3.05, 3.63) is 17.8 Å². The van der Waals surface area contributed by atoms with Crippen LogP contribution in [-0.2, 0) is 22.0 Å². The Labute approximate surface area is 183 Å². The SMILES string of the molecule is CN=C(NCCS(=O)(=O)N1CCSCC1)NCc1ncc(C(C)(C)C)o1.I. The Bertz CT molecular complexity index is 710. The monoisotopic (exact) mass is 531 g/mol. The lowest BCUT2D eigenvalue weighted by atomic mass is 9.94. The lowest BCUT2D eigenvalue weighted by Gasteiger charge is -2.25. The molecule has 0 amide bonds. The van der Waals surface area contributed by atoms with Gasteiger partial charge in [-0.3, -0.25) is 4.99 Å². The Hall–Kier alpha value is -0.530. The number of guanidine groups is 1. The summed E-state index contributed by atoms with van der Waals surface area (Å²) in [6.45, 7) is 8.06. The van der Waals surface area contributed by atoms with Crippen LogP contribution < -0.4 is 10.6 Å². The molecule has 0 aliphatic carbocycles.